The van der Waals surface area contributed by atoms with E-state index in [2.05, 4.69) is 22.6 Å². The smallest absolute Gasteiger partial charge is 0.123 e. The standard InChI is InChI=1S/C8H8FIO/c9-7-1-3-8(4-2-7)11-6-5-10/h1-4H,5-6H2. The quantitative estimate of drug-likeness (QED) is 0.603. The zero-order valence-electron chi connectivity index (χ0n) is 5.89. The summed E-state index contributed by atoms with van der Waals surface area (Å²) >= 11 is 2.22. The minimum atomic E-state index is -0.230. The normalized spacial score (nSPS) is 9.64. The molecule has 0 fully saturated rings. The summed E-state index contributed by atoms with van der Waals surface area (Å²) < 4.78 is 18.5. The Hall–Kier alpha value is -0.320. The van der Waals surface area contributed by atoms with Gasteiger partial charge in [0.1, 0.15) is 11.6 Å². The molecule has 0 radical (unpaired) electrons. The SMILES string of the molecule is Fc1ccc(OCCI)cc1. The Kier molecular flexibility index (Phi) is 3.62. The first-order valence-corrected chi connectivity index (χ1v) is 4.80. The van der Waals surface area contributed by atoms with Gasteiger partial charge in [0, 0.05) is 4.43 Å². The van der Waals surface area contributed by atoms with Gasteiger partial charge >= 0.3 is 0 Å². The monoisotopic (exact) mass is 266 g/mol. The first kappa shape index (κ1) is 8.77. The van der Waals surface area contributed by atoms with Crippen LogP contribution in [0.3, 0.4) is 0 Å². The van der Waals surface area contributed by atoms with Crippen LogP contribution in [0.15, 0.2) is 24.3 Å². The fourth-order valence-corrected chi connectivity index (χ4v) is 0.907. The second-order valence-electron chi connectivity index (χ2n) is 1.99. The van der Waals surface area contributed by atoms with E-state index in [0.717, 1.165) is 10.2 Å². The maximum absolute atomic E-state index is 12.4. The molecule has 0 aromatic heterocycles. The highest BCUT2D eigenvalue weighted by molar-refractivity contribution is 14.1. The summed E-state index contributed by atoms with van der Waals surface area (Å²) in [6, 6.07) is 6.04. The molecule has 0 aliphatic carbocycles. The average molecular weight is 266 g/mol. The van der Waals surface area contributed by atoms with Crippen LogP contribution in [0, 0.1) is 5.82 Å². The van der Waals surface area contributed by atoms with Gasteiger partial charge in [0.25, 0.3) is 0 Å². The lowest BCUT2D eigenvalue weighted by Gasteiger charge is -2.01. The Labute approximate surface area is 78.7 Å². The topological polar surface area (TPSA) is 9.23 Å². The first-order valence-electron chi connectivity index (χ1n) is 3.27. The largest absolute Gasteiger partial charge is 0.493 e. The Bertz CT molecular complexity index is 210. The van der Waals surface area contributed by atoms with Crippen LogP contribution in [0.2, 0.25) is 0 Å². The molecule has 1 aromatic rings. The van der Waals surface area contributed by atoms with Gasteiger partial charge in [0.15, 0.2) is 0 Å². The molecule has 0 heterocycles. The molecule has 3 heteroatoms. The summed E-state index contributed by atoms with van der Waals surface area (Å²) in [6.45, 7) is 0.673. The predicted octanol–water partition coefficient (Wildman–Crippen LogP) is 2.64. The highest BCUT2D eigenvalue weighted by Gasteiger charge is 1.92. The molecule has 0 saturated heterocycles. The van der Waals surface area contributed by atoms with Crippen molar-refractivity contribution in [3.8, 4) is 5.75 Å². The number of benzene rings is 1. The van der Waals surface area contributed by atoms with E-state index < -0.39 is 0 Å². The van der Waals surface area contributed by atoms with Crippen molar-refractivity contribution in [3.63, 3.8) is 0 Å². The van der Waals surface area contributed by atoms with Crippen molar-refractivity contribution in [2.24, 2.45) is 0 Å². The molecule has 1 rings (SSSR count). The van der Waals surface area contributed by atoms with Gasteiger partial charge in [0.2, 0.25) is 0 Å². The fourth-order valence-electron chi connectivity index (χ4n) is 0.687. The number of ether oxygens (including phenoxy) is 1. The molecule has 0 saturated carbocycles. The molecule has 1 nitrogen and oxygen atoms in total. The van der Waals surface area contributed by atoms with E-state index >= 15 is 0 Å². The van der Waals surface area contributed by atoms with Crippen molar-refractivity contribution in [1.29, 1.82) is 0 Å². The maximum atomic E-state index is 12.4. The number of hydrogen-bond donors (Lipinski definition) is 0. The molecule has 0 aliphatic rings. The van der Waals surface area contributed by atoms with Crippen LogP contribution in [0.25, 0.3) is 0 Å². The lowest BCUT2D eigenvalue weighted by atomic mass is 10.3. The van der Waals surface area contributed by atoms with Crippen molar-refractivity contribution in [1.82, 2.24) is 0 Å². The summed E-state index contributed by atoms with van der Waals surface area (Å²) in [4.78, 5) is 0. The summed E-state index contributed by atoms with van der Waals surface area (Å²) in [7, 11) is 0. The molecule has 1 aromatic carbocycles. The molecule has 0 aliphatic heterocycles. The Morgan fingerprint density at radius 2 is 1.91 bits per heavy atom. The third-order valence-electron chi connectivity index (χ3n) is 1.16. The minimum absolute atomic E-state index is 0.230. The van der Waals surface area contributed by atoms with E-state index in [1.807, 2.05) is 0 Å². The fraction of sp³-hybridized carbons (Fsp3) is 0.250. The molecule has 11 heavy (non-hydrogen) atoms. The molecule has 0 bridgehead atoms. The van der Waals surface area contributed by atoms with Crippen LogP contribution in [-0.4, -0.2) is 11.0 Å². The van der Waals surface area contributed by atoms with Gasteiger partial charge in [-0.15, -0.1) is 0 Å². The van der Waals surface area contributed by atoms with Crippen LogP contribution in [-0.2, 0) is 0 Å². The summed E-state index contributed by atoms with van der Waals surface area (Å²) in [5.41, 5.74) is 0. The van der Waals surface area contributed by atoms with E-state index in [4.69, 9.17) is 4.74 Å². The van der Waals surface area contributed by atoms with Gasteiger partial charge in [-0.25, -0.2) is 4.39 Å². The molecule has 0 spiro atoms. The number of hydrogen-bond acceptors (Lipinski definition) is 1. The highest BCUT2D eigenvalue weighted by atomic mass is 127. The van der Waals surface area contributed by atoms with Gasteiger partial charge in [-0.05, 0) is 24.3 Å². The Morgan fingerprint density at radius 1 is 1.27 bits per heavy atom. The van der Waals surface area contributed by atoms with Gasteiger partial charge < -0.3 is 4.74 Å². The van der Waals surface area contributed by atoms with Crippen LogP contribution in [0.5, 0.6) is 5.75 Å². The minimum Gasteiger partial charge on any atom is -0.493 e. The molecule has 0 atom stereocenters. The van der Waals surface area contributed by atoms with Crippen molar-refractivity contribution in [2.75, 3.05) is 11.0 Å². The van der Waals surface area contributed by atoms with Gasteiger partial charge in [-0.2, -0.15) is 0 Å². The highest BCUT2D eigenvalue weighted by Crippen LogP contribution is 2.10. The Morgan fingerprint density at radius 3 is 2.45 bits per heavy atom. The first-order chi connectivity index (χ1) is 5.33. The van der Waals surface area contributed by atoms with Gasteiger partial charge in [-0.3, -0.25) is 0 Å². The Balaban J connectivity index is 2.52. The summed E-state index contributed by atoms with van der Waals surface area (Å²) in [5, 5.41) is 0. The molecular weight excluding hydrogens is 258 g/mol. The van der Waals surface area contributed by atoms with E-state index in [9.17, 15) is 4.39 Å². The van der Waals surface area contributed by atoms with E-state index in [1.165, 1.54) is 12.1 Å². The molecule has 0 unspecified atom stereocenters. The van der Waals surface area contributed by atoms with E-state index in [0.29, 0.717) is 6.61 Å². The second-order valence-corrected chi connectivity index (χ2v) is 3.07. The van der Waals surface area contributed by atoms with Crippen molar-refractivity contribution < 1.29 is 9.13 Å². The zero-order valence-corrected chi connectivity index (χ0v) is 8.05. The van der Waals surface area contributed by atoms with E-state index in [-0.39, 0.29) is 5.82 Å². The second kappa shape index (κ2) is 4.54. The molecular formula is C8H8FIO. The lowest BCUT2D eigenvalue weighted by Crippen LogP contribution is -1.96. The summed E-state index contributed by atoms with van der Waals surface area (Å²) in [5.74, 6) is 0.495. The van der Waals surface area contributed by atoms with Crippen LogP contribution in [0.1, 0.15) is 0 Å². The molecule has 0 amide bonds. The van der Waals surface area contributed by atoms with Crippen LogP contribution < -0.4 is 4.74 Å². The number of rotatable bonds is 3. The van der Waals surface area contributed by atoms with Gasteiger partial charge in [0.05, 0.1) is 6.61 Å². The van der Waals surface area contributed by atoms with Crippen LogP contribution >= 0.6 is 22.6 Å². The van der Waals surface area contributed by atoms with Crippen LogP contribution in [0.4, 0.5) is 4.39 Å². The third kappa shape index (κ3) is 3.05. The molecule has 60 valence electrons. The predicted molar refractivity (Wildman–Crippen MR) is 50.8 cm³/mol. The summed E-state index contributed by atoms with van der Waals surface area (Å²) in [6.07, 6.45) is 0. The van der Waals surface area contributed by atoms with Crippen molar-refractivity contribution >= 4 is 22.6 Å². The number of alkyl halides is 1. The lowest BCUT2D eigenvalue weighted by molar-refractivity contribution is 0.346. The third-order valence-corrected chi connectivity index (χ3v) is 1.60. The van der Waals surface area contributed by atoms with Gasteiger partial charge in [-0.1, -0.05) is 22.6 Å². The maximum Gasteiger partial charge on any atom is 0.123 e. The van der Waals surface area contributed by atoms with Crippen molar-refractivity contribution in [3.05, 3.63) is 30.1 Å². The van der Waals surface area contributed by atoms with E-state index in [1.54, 1.807) is 12.1 Å². The van der Waals surface area contributed by atoms with Crippen molar-refractivity contribution in [2.45, 2.75) is 0 Å². The molecule has 0 N–H and O–H groups in total. The average Bonchev–Trinajstić information content (AvgIpc) is 2.04. The zero-order chi connectivity index (χ0) is 8.10. The number of halogens is 2.